The van der Waals surface area contributed by atoms with Gasteiger partial charge in [-0.1, -0.05) is 24.3 Å². The zero-order valence-electron chi connectivity index (χ0n) is 11.6. The topological polar surface area (TPSA) is 48.4 Å². The van der Waals surface area contributed by atoms with Gasteiger partial charge in [0.25, 0.3) is 0 Å². The summed E-state index contributed by atoms with van der Waals surface area (Å²) >= 11 is 0. The van der Waals surface area contributed by atoms with E-state index in [9.17, 15) is 0 Å². The SMILES string of the molecule is COc1ccc2cc(C(N)c3ccccc3C)oc2c1. The number of hydrogen-bond donors (Lipinski definition) is 1. The highest BCUT2D eigenvalue weighted by Crippen LogP contribution is 2.30. The maximum Gasteiger partial charge on any atom is 0.138 e. The molecule has 3 aromatic rings. The molecule has 2 N–H and O–H groups in total. The van der Waals surface area contributed by atoms with Crippen molar-refractivity contribution in [3.05, 3.63) is 65.4 Å². The number of ether oxygens (including phenoxy) is 1. The van der Waals surface area contributed by atoms with Crippen LogP contribution in [-0.4, -0.2) is 7.11 Å². The Bertz CT molecular complexity index is 746. The van der Waals surface area contributed by atoms with Gasteiger partial charge in [-0.2, -0.15) is 0 Å². The first-order valence-corrected chi connectivity index (χ1v) is 6.57. The van der Waals surface area contributed by atoms with Gasteiger partial charge >= 0.3 is 0 Å². The minimum Gasteiger partial charge on any atom is -0.497 e. The van der Waals surface area contributed by atoms with Gasteiger partial charge in [0.05, 0.1) is 13.2 Å². The summed E-state index contributed by atoms with van der Waals surface area (Å²) in [5.74, 6) is 1.55. The van der Waals surface area contributed by atoms with Crippen LogP contribution in [0, 0.1) is 6.92 Å². The first kappa shape index (κ1) is 12.8. The van der Waals surface area contributed by atoms with E-state index in [0.29, 0.717) is 0 Å². The number of benzene rings is 2. The Balaban J connectivity index is 2.04. The summed E-state index contributed by atoms with van der Waals surface area (Å²) in [4.78, 5) is 0. The van der Waals surface area contributed by atoms with Crippen LogP contribution >= 0.6 is 0 Å². The van der Waals surface area contributed by atoms with Crippen molar-refractivity contribution in [1.82, 2.24) is 0 Å². The second kappa shape index (κ2) is 5.02. The standard InChI is InChI=1S/C17H17NO2/c1-11-5-3-4-6-14(11)17(18)16-9-12-7-8-13(19-2)10-15(12)20-16/h3-10,17H,18H2,1-2H3. The third-order valence-corrected chi connectivity index (χ3v) is 3.58. The second-order valence-corrected chi connectivity index (χ2v) is 4.89. The van der Waals surface area contributed by atoms with Crippen molar-refractivity contribution in [2.75, 3.05) is 7.11 Å². The van der Waals surface area contributed by atoms with E-state index in [1.165, 1.54) is 0 Å². The highest BCUT2D eigenvalue weighted by atomic mass is 16.5. The maximum atomic E-state index is 6.33. The first-order chi connectivity index (χ1) is 9.69. The number of hydrogen-bond acceptors (Lipinski definition) is 3. The van der Waals surface area contributed by atoms with Crippen LogP contribution in [0.4, 0.5) is 0 Å². The average molecular weight is 267 g/mol. The van der Waals surface area contributed by atoms with Crippen molar-refractivity contribution in [2.45, 2.75) is 13.0 Å². The number of fused-ring (bicyclic) bond motifs is 1. The highest BCUT2D eigenvalue weighted by molar-refractivity contribution is 5.79. The molecule has 0 aliphatic rings. The number of furan rings is 1. The lowest BCUT2D eigenvalue weighted by Gasteiger charge is -2.11. The molecule has 2 aromatic carbocycles. The van der Waals surface area contributed by atoms with Crippen LogP contribution in [0.3, 0.4) is 0 Å². The van der Waals surface area contributed by atoms with Crippen LogP contribution in [0.25, 0.3) is 11.0 Å². The summed E-state index contributed by atoms with van der Waals surface area (Å²) in [6.45, 7) is 2.06. The minimum absolute atomic E-state index is 0.255. The third-order valence-electron chi connectivity index (χ3n) is 3.58. The molecule has 1 aromatic heterocycles. The summed E-state index contributed by atoms with van der Waals surface area (Å²) < 4.78 is 11.1. The molecule has 0 amide bonds. The van der Waals surface area contributed by atoms with E-state index < -0.39 is 0 Å². The molecule has 0 aliphatic carbocycles. The van der Waals surface area contributed by atoms with E-state index in [-0.39, 0.29) is 6.04 Å². The molecule has 0 radical (unpaired) electrons. The monoisotopic (exact) mass is 267 g/mol. The predicted octanol–water partition coefficient (Wildman–Crippen LogP) is 3.80. The highest BCUT2D eigenvalue weighted by Gasteiger charge is 2.16. The Labute approximate surface area is 118 Å². The Kier molecular flexibility index (Phi) is 3.20. The number of rotatable bonds is 3. The summed E-state index contributed by atoms with van der Waals surface area (Å²) in [5, 5.41) is 1.03. The molecule has 3 nitrogen and oxygen atoms in total. The van der Waals surface area contributed by atoms with Gasteiger partial charge in [-0.25, -0.2) is 0 Å². The van der Waals surface area contributed by atoms with Crippen LogP contribution in [-0.2, 0) is 0 Å². The Hall–Kier alpha value is -2.26. The summed E-state index contributed by atoms with van der Waals surface area (Å²) in [7, 11) is 1.64. The average Bonchev–Trinajstić information content (AvgIpc) is 2.89. The van der Waals surface area contributed by atoms with E-state index in [4.69, 9.17) is 14.9 Å². The van der Waals surface area contributed by atoms with Gasteiger partial charge in [0, 0.05) is 11.5 Å². The molecule has 0 spiro atoms. The Morgan fingerprint density at radius 1 is 1.10 bits per heavy atom. The molecule has 20 heavy (non-hydrogen) atoms. The zero-order valence-corrected chi connectivity index (χ0v) is 11.6. The molecule has 3 heteroatoms. The molecule has 0 saturated carbocycles. The first-order valence-electron chi connectivity index (χ1n) is 6.57. The zero-order chi connectivity index (χ0) is 14.1. The van der Waals surface area contributed by atoms with Crippen molar-refractivity contribution in [1.29, 1.82) is 0 Å². The molecule has 3 rings (SSSR count). The number of methoxy groups -OCH3 is 1. The lowest BCUT2D eigenvalue weighted by Crippen LogP contribution is -2.12. The summed E-state index contributed by atoms with van der Waals surface area (Å²) in [5.41, 5.74) is 9.37. The fourth-order valence-corrected chi connectivity index (χ4v) is 2.40. The molecule has 0 bridgehead atoms. The van der Waals surface area contributed by atoms with Gasteiger partial charge in [-0.15, -0.1) is 0 Å². The maximum absolute atomic E-state index is 6.33. The normalized spacial score (nSPS) is 12.6. The van der Waals surface area contributed by atoms with Crippen molar-refractivity contribution in [3.63, 3.8) is 0 Å². The molecule has 102 valence electrons. The number of aryl methyl sites for hydroxylation is 1. The van der Waals surface area contributed by atoms with Crippen LogP contribution in [0.15, 0.2) is 52.9 Å². The molecule has 0 aliphatic heterocycles. The van der Waals surface area contributed by atoms with Crippen LogP contribution in [0.5, 0.6) is 5.75 Å². The Morgan fingerprint density at radius 3 is 2.65 bits per heavy atom. The molecule has 0 fully saturated rings. The van der Waals surface area contributed by atoms with Crippen molar-refractivity contribution < 1.29 is 9.15 Å². The molecule has 1 unspecified atom stereocenters. The van der Waals surface area contributed by atoms with Crippen LogP contribution in [0.1, 0.15) is 22.9 Å². The number of nitrogens with two attached hydrogens (primary N) is 1. The van der Waals surface area contributed by atoms with Gasteiger partial charge in [-0.05, 0) is 36.2 Å². The van der Waals surface area contributed by atoms with E-state index in [2.05, 4.69) is 13.0 Å². The molecular weight excluding hydrogens is 250 g/mol. The predicted molar refractivity (Wildman–Crippen MR) is 80.0 cm³/mol. The summed E-state index contributed by atoms with van der Waals surface area (Å²) in [6, 6.07) is 15.6. The van der Waals surface area contributed by atoms with Gasteiger partial charge in [0.2, 0.25) is 0 Å². The van der Waals surface area contributed by atoms with Gasteiger partial charge in [0.15, 0.2) is 0 Å². The third kappa shape index (κ3) is 2.17. The fraction of sp³-hybridized carbons (Fsp3) is 0.176. The largest absolute Gasteiger partial charge is 0.497 e. The molecule has 1 atom stereocenters. The van der Waals surface area contributed by atoms with E-state index in [0.717, 1.165) is 33.6 Å². The van der Waals surface area contributed by atoms with Crippen molar-refractivity contribution in [3.8, 4) is 5.75 Å². The van der Waals surface area contributed by atoms with E-state index >= 15 is 0 Å². The summed E-state index contributed by atoms with van der Waals surface area (Å²) in [6.07, 6.45) is 0. The van der Waals surface area contributed by atoms with Gasteiger partial charge in [0.1, 0.15) is 17.1 Å². The smallest absolute Gasteiger partial charge is 0.138 e. The van der Waals surface area contributed by atoms with Crippen LogP contribution < -0.4 is 10.5 Å². The fourth-order valence-electron chi connectivity index (χ4n) is 2.40. The van der Waals surface area contributed by atoms with E-state index in [1.807, 2.05) is 42.5 Å². The van der Waals surface area contributed by atoms with E-state index in [1.54, 1.807) is 7.11 Å². The van der Waals surface area contributed by atoms with Crippen molar-refractivity contribution >= 4 is 11.0 Å². The minimum atomic E-state index is -0.255. The van der Waals surface area contributed by atoms with Crippen molar-refractivity contribution in [2.24, 2.45) is 5.73 Å². The van der Waals surface area contributed by atoms with Gasteiger partial charge < -0.3 is 14.9 Å². The van der Waals surface area contributed by atoms with Gasteiger partial charge in [-0.3, -0.25) is 0 Å². The lowest BCUT2D eigenvalue weighted by molar-refractivity contribution is 0.414. The quantitative estimate of drug-likeness (QED) is 0.785. The molecule has 1 heterocycles. The second-order valence-electron chi connectivity index (χ2n) is 4.89. The Morgan fingerprint density at radius 2 is 1.90 bits per heavy atom. The van der Waals surface area contributed by atoms with Crippen LogP contribution in [0.2, 0.25) is 0 Å². The molecule has 0 saturated heterocycles. The molecular formula is C17H17NO2. The lowest BCUT2D eigenvalue weighted by atomic mass is 10.0.